The number of hydrogen-bond acceptors (Lipinski definition) is 2. The molecule has 0 aromatic rings. The summed E-state index contributed by atoms with van der Waals surface area (Å²) in [7, 11) is -6.00. The largest absolute Gasteiger partial charge is 0.673 e. The van der Waals surface area contributed by atoms with E-state index in [-0.39, 0.29) is 0 Å². The lowest BCUT2D eigenvalue weighted by molar-refractivity contribution is -0.539. The molecule has 2 aliphatic heterocycles. The molecule has 2 aliphatic rings. The summed E-state index contributed by atoms with van der Waals surface area (Å²) >= 11 is 0. The van der Waals surface area contributed by atoms with E-state index in [1.54, 1.807) is 5.84 Å². The molecule has 2 rings (SSSR count). The second kappa shape index (κ2) is 11.4. The van der Waals surface area contributed by atoms with Gasteiger partial charge in [-0.3, -0.25) is 9.48 Å². The smallest absolute Gasteiger partial charge is 0.501 e. The van der Waals surface area contributed by atoms with Gasteiger partial charge in [0.1, 0.15) is 0 Å². The summed E-state index contributed by atoms with van der Waals surface area (Å²) < 4.78 is 47.2. The first-order valence-electron chi connectivity index (χ1n) is 9.25. The molecule has 2 heterocycles. The van der Waals surface area contributed by atoms with Crippen molar-refractivity contribution in [2.24, 2.45) is 0 Å². The summed E-state index contributed by atoms with van der Waals surface area (Å²) in [5, 5.41) is 0. The fourth-order valence-electron chi connectivity index (χ4n) is 3.18. The van der Waals surface area contributed by atoms with E-state index < -0.39 is 7.25 Å². The Balaban J connectivity index is 0.000000550. The van der Waals surface area contributed by atoms with Crippen LogP contribution in [0.25, 0.3) is 0 Å². The first-order chi connectivity index (χ1) is 11.8. The van der Waals surface area contributed by atoms with E-state index >= 15 is 0 Å². The third kappa shape index (κ3) is 11.1. The van der Waals surface area contributed by atoms with Gasteiger partial charge in [-0.25, -0.2) is 0 Å². The molecule has 0 atom stereocenters. The third-order valence-corrected chi connectivity index (χ3v) is 4.17. The van der Waals surface area contributed by atoms with E-state index in [2.05, 4.69) is 23.3 Å². The van der Waals surface area contributed by atoms with Crippen LogP contribution in [0.3, 0.4) is 0 Å². The zero-order chi connectivity index (χ0) is 18.7. The fourth-order valence-corrected chi connectivity index (χ4v) is 3.18. The van der Waals surface area contributed by atoms with Gasteiger partial charge in [0.05, 0.1) is 39.0 Å². The Morgan fingerprint density at radius 1 is 1.08 bits per heavy atom. The van der Waals surface area contributed by atoms with Crippen LogP contribution in [-0.2, 0) is 4.74 Å². The van der Waals surface area contributed by atoms with Crippen LogP contribution in [0.5, 0.6) is 0 Å². The SMILES string of the molecule is CC(C)=COCCCCN1CCC[N+]2=C1CCCCC2.F[B-](F)(F)F. The maximum Gasteiger partial charge on any atom is 0.673 e. The monoisotopic (exact) mass is 366 g/mol. The lowest BCUT2D eigenvalue weighted by Crippen LogP contribution is -2.44. The summed E-state index contributed by atoms with van der Waals surface area (Å²) in [4.78, 5) is 2.65. The average molecular weight is 366 g/mol. The van der Waals surface area contributed by atoms with Crippen LogP contribution >= 0.6 is 0 Å². The Labute approximate surface area is 148 Å². The molecule has 0 saturated carbocycles. The van der Waals surface area contributed by atoms with Crippen LogP contribution in [0.1, 0.15) is 58.8 Å². The van der Waals surface area contributed by atoms with Gasteiger partial charge in [0, 0.05) is 12.8 Å². The van der Waals surface area contributed by atoms with Crippen molar-refractivity contribution in [2.75, 3.05) is 32.8 Å². The van der Waals surface area contributed by atoms with Crippen molar-refractivity contribution in [3.8, 4) is 0 Å². The molecule has 0 amide bonds. The molecule has 0 N–H and O–H groups in total. The summed E-state index contributed by atoms with van der Waals surface area (Å²) in [5.41, 5.74) is 1.24. The van der Waals surface area contributed by atoms with E-state index in [4.69, 9.17) is 4.74 Å². The second-order valence-electron chi connectivity index (χ2n) is 6.82. The molecule has 3 nitrogen and oxygen atoms in total. The van der Waals surface area contributed by atoms with Crippen LogP contribution in [0.2, 0.25) is 0 Å². The van der Waals surface area contributed by atoms with Gasteiger partial charge in [0.25, 0.3) is 0 Å². The van der Waals surface area contributed by atoms with Crippen molar-refractivity contribution in [1.82, 2.24) is 4.90 Å². The molecule has 0 aromatic heterocycles. The average Bonchev–Trinajstić information content (AvgIpc) is 2.74. The molecule has 0 bridgehead atoms. The van der Waals surface area contributed by atoms with E-state index in [0.717, 1.165) is 13.0 Å². The highest BCUT2D eigenvalue weighted by Gasteiger charge is 2.27. The number of halogens is 4. The fraction of sp³-hybridized carbons (Fsp3) is 0.824. The predicted octanol–water partition coefficient (Wildman–Crippen LogP) is 4.70. The highest BCUT2D eigenvalue weighted by molar-refractivity contribution is 6.50. The van der Waals surface area contributed by atoms with E-state index in [1.165, 1.54) is 70.3 Å². The molecular formula is C17H31BF4N2O. The van der Waals surface area contributed by atoms with Crippen LogP contribution in [0, 0.1) is 0 Å². The highest BCUT2D eigenvalue weighted by atomic mass is 19.5. The van der Waals surface area contributed by atoms with Gasteiger partial charge in [-0.1, -0.05) is 0 Å². The van der Waals surface area contributed by atoms with Gasteiger partial charge in [-0.2, -0.15) is 0 Å². The number of amidine groups is 1. The first-order valence-corrected chi connectivity index (χ1v) is 9.25. The first kappa shape index (κ1) is 21.8. The maximum absolute atomic E-state index is 9.75. The minimum atomic E-state index is -6.00. The zero-order valence-corrected chi connectivity index (χ0v) is 15.5. The number of allylic oxidation sites excluding steroid dienone is 1. The lowest BCUT2D eigenvalue weighted by Gasteiger charge is -2.26. The van der Waals surface area contributed by atoms with Gasteiger partial charge in [-0.05, 0) is 51.5 Å². The molecule has 0 fully saturated rings. The molecule has 0 unspecified atom stereocenters. The van der Waals surface area contributed by atoms with Gasteiger partial charge in [-0.15, -0.1) is 0 Å². The minimum Gasteiger partial charge on any atom is -0.501 e. The quantitative estimate of drug-likeness (QED) is 0.223. The number of unbranched alkanes of at least 4 members (excludes halogenated alkanes) is 1. The van der Waals surface area contributed by atoms with Crippen molar-refractivity contribution < 1.29 is 26.6 Å². The minimum absolute atomic E-state index is 0.859. The lowest BCUT2D eigenvalue weighted by atomic mass is 10.1. The van der Waals surface area contributed by atoms with Gasteiger partial charge in [0.15, 0.2) is 0 Å². The molecule has 0 aromatic carbocycles. The molecule has 8 heteroatoms. The van der Waals surface area contributed by atoms with E-state index in [1.807, 2.05) is 6.26 Å². The van der Waals surface area contributed by atoms with Crippen molar-refractivity contribution in [3.05, 3.63) is 11.8 Å². The molecule has 0 radical (unpaired) electrons. The van der Waals surface area contributed by atoms with Crippen molar-refractivity contribution in [2.45, 2.75) is 58.8 Å². The summed E-state index contributed by atoms with van der Waals surface area (Å²) in [6.07, 6.45) is 11.1. The molecular weight excluding hydrogens is 335 g/mol. The van der Waals surface area contributed by atoms with Crippen LogP contribution in [0.4, 0.5) is 17.3 Å². The predicted molar refractivity (Wildman–Crippen MR) is 94.5 cm³/mol. The topological polar surface area (TPSA) is 15.5 Å². The van der Waals surface area contributed by atoms with Crippen molar-refractivity contribution >= 4 is 13.1 Å². The molecule has 0 aliphatic carbocycles. The van der Waals surface area contributed by atoms with Crippen molar-refractivity contribution in [3.63, 3.8) is 0 Å². The molecule has 0 saturated heterocycles. The summed E-state index contributed by atoms with van der Waals surface area (Å²) in [5.74, 6) is 1.64. The Morgan fingerprint density at radius 3 is 2.44 bits per heavy atom. The molecule has 25 heavy (non-hydrogen) atoms. The Morgan fingerprint density at radius 2 is 1.76 bits per heavy atom. The zero-order valence-electron chi connectivity index (χ0n) is 15.5. The van der Waals surface area contributed by atoms with Crippen LogP contribution in [0.15, 0.2) is 11.8 Å². The normalized spacial score (nSPS) is 17.9. The summed E-state index contributed by atoms with van der Waals surface area (Å²) in [6.45, 7) is 10.1. The van der Waals surface area contributed by atoms with Gasteiger partial charge < -0.3 is 22.0 Å². The maximum atomic E-state index is 9.75. The highest BCUT2D eigenvalue weighted by Crippen LogP contribution is 2.15. The van der Waals surface area contributed by atoms with Crippen molar-refractivity contribution in [1.29, 1.82) is 0 Å². The third-order valence-electron chi connectivity index (χ3n) is 4.17. The standard InChI is InChI=1S/C17H31N2O.BF4/c1-16(2)15-20-14-7-6-11-19-13-8-12-18-10-5-3-4-9-17(18)19;2-1(3,4)5/h15H,3-14H2,1-2H3;/q+1;-1. The number of hydrogen-bond donors (Lipinski definition) is 0. The number of rotatable bonds is 6. The van der Waals surface area contributed by atoms with E-state index in [0.29, 0.717) is 0 Å². The summed E-state index contributed by atoms with van der Waals surface area (Å²) in [6, 6.07) is 0. The van der Waals surface area contributed by atoms with Gasteiger partial charge >= 0.3 is 7.25 Å². The number of nitrogens with zero attached hydrogens (tertiary/aromatic N) is 2. The number of ether oxygens (including phenoxy) is 1. The Kier molecular flexibility index (Phi) is 9.97. The van der Waals surface area contributed by atoms with Crippen LogP contribution in [-0.4, -0.2) is 55.4 Å². The molecule has 0 spiro atoms. The second-order valence-corrected chi connectivity index (χ2v) is 6.82. The Hall–Kier alpha value is -1.21. The molecule has 146 valence electrons. The van der Waals surface area contributed by atoms with Crippen LogP contribution < -0.4 is 0 Å². The van der Waals surface area contributed by atoms with Gasteiger partial charge in [0.2, 0.25) is 5.84 Å². The van der Waals surface area contributed by atoms with E-state index in [9.17, 15) is 17.3 Å². The Bertz CT molecular complexity index is 442.